The van der Waals surface area contributed by atoms with E-state index in [1.54, 1.807) is 0 Å². The Morgan fingerprint density at radius 1 is 0.933 bits per heavy atom. The normalized spacial score (nSPS) is 12.9. The third kappa shape index (κ3) is 12.5. The van der Waals surface area contributed by atoms with Gasteiger partial charge in [0.2, 0.25) is 0 Å². The molecule has 0 aromatic carbocycles. The molecule has 0 aliphatic rings. The van der Waals surface area contributed by atoms with E-state index in [4.69, 9.17) is 0 Å². The van der Waals surface area contributed by atoms with Crippen molar-refractivity contribution in [1.82, 2.24) is 0 Å². The Balaban J connectivity index is 5.45. The van der Waals surface area contributed by atoms with Crippen molar-refractivity contribution in [2.24, 2.45) is 0 Å². The highest BCUT2D eigenvalue weighted by Gasteiger charge is 2.48. The van der Waals surface area contributed by atoms with Crippen molar-refractivity contribution in [3.63, 3.8) is 0 Å². The molecule has 0 atom stereocenters. The van der Waals surface area contributed by atoms with Crippen LogP contribution in [0.2, 0.25) is 0 Å². The van der Waals surface area contributed by atoms with E-state index < -0.39 is 27.4 Å². The molecule has 0 rings (SSSR count). The highest BCUT2D eigenvalue weighted by atomic mass is 32.2. The van der Waals surface area contributed by atoms with Crippen molar-refractivity contribution in [3.05, 3.63) is 46.8 Å². The maximum absolute atomic E-state index is 12.6. The zero-order chi connectivity index (χ0) is 23.4. The highest BCUT2D eigenvalue weighted by molar-refractivity contribution is 7.87. The molecule has 0 bridgehead atoms. The van der Waals surface area contributed by atoms with Gasteiger partial charge in [0.25, 0.3) is 0 Å². The number of esters is 1. The van der Waals surface area contributed by atoms with E-state index in [2.05, 4.69) is 15.0 Å². The molecule has 0 N–H and O–H groups in total. The van der Waals surface area contributed by atoms with Crippen molar-refractivity contribution in [2.45, 2.75) is 72.2 Å². The smallest absolute Gasteiger partial charge is 0.463 e. The topological polar surface area (TPSA) is 69.7 Å². The van der Waals surface area contributed by atoms with Gasteiger partial charge in [0.1, 0.15) is 5.76 Å². The second-order valence-electron chi connectivity index (χ2n) is 7.05. The predicted octanol–water partition coefficient (Wildman–Crippen LogP) is 6.11. The lowest BCUT2D eigenvalue weighted by Gasteiger charge is -2.12. The first kappa shape index (κ1) is 28.0. The zero-order valence-corrected chi connectivity index (χ0v) is 19.0. The molecular formula is C21H31F3O5S. The Kier molecular flexibility index (Phi) is 12.4. The van der Waals surface area contributed by atoms with Gasteiger partial charge in [-0.15, -0.1) is 0 Å². The molecule has 0 saturated carbocycles. The van der Waals surface area contributed by atoms with Gasteiger partial charge < -0.3 is 8.92 Å². The molecule has 5 nitrogen and oxygen atoms in total. The molecule has 0 aromatic heterocycles. The van der Waals surface area contributed by atoms with Gasteiger partial charge in [0.15, 0.2) is 0 Å². The number of halogens is 3. The molecule has 0 amide bonds. The second kappa shape index (κ2) is 13.3. The van der Waals surface area contributed by atoms with Crippen molar-refractivity contribution >= 4 is 16.1 Å². The average molecular weight is 453 g/mol. The molecule has 0 aliphatic carbocycles. The summed E-state index contributed by atoms with van der Waals surface area (Å²) in [6.45, 7) is 9.41. The van der Waals surface area contributed by atoms with Gasteiger partial charge in [-0.2, -0.15) is 21.6 Å². The van der Waals surface area contributed by atoms with E-state index in [0.29, 0.717) is 12.5 Å². The molecule has 0 heterocycles. The summed E-state index contributed by atoms with van der Waals surface area (Å²) in [6, 6.07) is 0. The predicted molar refractivity (Wildman–Crippen MR) is 111 cm³/mol. The van der Waals surface area contributed by atoms with Crippen LogP contribution in [0.5, 0.6) is 0 Å². The van der Waals surface area contributed by atoms with Crippen LogP contribution in [0.25, 0.3) is 0 Å². The highest BCUT2D eigenvalue weighted by Crippen LogP contribution is 2.28. The Morgan fingerprint density at radius 2 is 1.50 bits per heavy atom. The minimum Gasteiger partial charge on any atom is -0.463 e. The molecule has 0 aromatic rings. The van der Waals surface area contributed by atoms with Crippen LogP contribution in [-0.2, 0) is 23.8 Å². The standard InChI is InChI=1S/C21H31F3O5S/c1-6-28-20(25)15-19(29-30(26,27)21(22,23)24)12-8-11-18(14-13-17(4)5)10-7-9-16(2)3/h9,11,13,15H,6-8,10,12,14H2,1-5H3. The maximum atomic E-state index is 12.6. The van der Waals surface area contributed by atoms with Crippen molar-refractivity contribution in [3.8, 4) is 0 Å². The fraction of sp³-hybridized carbons (Fsp3) is 0.571. The number of rotatable bonds is 12. The average Bonchev–Trinajstić information content (AvgIpc) is 2.57. The molecule has 0 spiro atoms. The van der Waals surface area contributed by atoms with Crippen LogP contribution < -0.4 is 0 Å². The molecule has 9 heteroatoms. The van der Waals surface area contributed by atoms with Crippen LogP contribution in [0.3, 0.4) is 0 Å². The minimum atomic E-state index is -5.87. The Bertz CT molecular complexity index is 780. The van der Waals surface area contributed by atoms with Crippen LogP contribution in [-0.4, -0.2) is 26.5 Å². The number of carbonyl (C=O) groups excluding carboxylic acids is 1. The van der Waals surface area contributed by atoms with Crippen molar-refractivity contribution in [1.29, 1.82) is 0 Å². The largest absolute Gasteiger partial charge is 0.534 e. The summed E-state index contributed by atoms with van der Waals surface area (Å²) in [5.74, 6) is -1.59. The van der Waals surface area contributed by atoms with Gasteiger partial charge in [-0.05, 0) is 60.3 Å². The van der Waals surface area contributed by atoms with E-state index in [-0.39, 0.29) is 19.4 Å². The van der Waals surface area contributed by atoms with E-state index >= 15 is 0 Å². The summed E-state index contributed by atoms with van der Waals surface area (Å²) in [7, 11) is -5.87. The molecule has 0 radical (unpaired) electrons. The number of allylic oxidation sites excluding steroid dienone is 7. The monoisotopic (exact) mass is 452 g/mol. The molecule has 30 heavy (non-hydrogen) atoms. The molecule has 0 aliphatic heterocycles. The lowest BCUT2D eigenvalue weighted by Crippen LogP contribution is -2.25. The Hall–Kier alpha value is -2.03. The van der Waals surface area contributed by atoms with Gasteiger partial charge in [0.05, 0.1) is 12.7 Å². The first-order valence-corrected chi connectivity index (χ1v) is 11.0. The third-order valence-electron chi connectivity index (χ3n) is 3.68. The zero-order valence-electron chi connectivity index (χ0n) is 18.1. The van der Waals surface area contributed by atoms with Crippen molar-refractivity contribution < 1.29 is 35.3 Å². The van der Waals surface area contributed by atoms with Gasteiger partial charge in [-0.25, -0.2) is 4.79 Å². The number of ether oxygens (including phenoxy) is 1. The second-order valence-corrected chi connectivity index (χ2v) is 8.59. The molecule has 0 unspecified atom stereocenters. The minimum absolute atomic E-state index is 0.00818. The number of hydrogen-bond acceptors (Lipinski definition) is 5. The summed E-state index contributed by atoms with van der Waals surface area (Å²) < 4.78 is 69.3. The van der Waals surface area contributed by atoms with Crippen molar-refractivity contribution in [2.75, 3.05) is 6.61 Å². The SMILES string of the molecule is CCOC(=O)C=C(CCC=C(CC=C(C)C)CCC=C(C)C)OS(=O)(=O)C(F)(F)F. The quantitative estimate of drug-likeness (QED) is 0.0892. The number of hydrogen-bond donors (Lipinski definition) is 0. The van der Waals surface area contributed by atoms with Gasteiger partial charge in [-0.1, -0.05) is 34.9 Å². The van der Waals surface area contributed by atoms with Crippen LogP contribution in [0.4, 0.5) is 13.2 Å². The lowest BCUT2D eigenvalue weighted by molar-refractivity contribution is -0.137. The summed E-state index contributed by atoms with van der Waals surface area (Å²) in [5.41, 5.74) is -2.22. The summed E-state index contributed by atoms with van der Waals surface area (Å²) in [5, 5.41) is 0. The third-order valence-corrected chi connectivity index (χ3v) is 4.68. The van der Waals surface area contributed by atoms with Gasteiger partial charge >= 0.3 is 21.6 Å². The lowest BCUT2D eigenvalue weighted by atomic mass is 10.0. The maximum Gasteiger partial charge on any atom is 0.534 e. The Labute approximate surface area is 177 Å². The molecular weight excluding hydrogens is 421 g/mol. The summed E-state index contributed by atoms with van der Waals surface area (Å²) >= 11 is 0. The fourth-order valence-electron chi connectivity index (χ4n) is 2.23. The van der Waals surface area contributed by atoms with E-state index in [0.717, 1.165) is 24.0 Å². The summed E-state index contributed by atoms with van der Waals surface area (Å²) in [6.07, 6.45) is 8.85. The number of alkyl halides is 3. The first-order chi connectivity index (χ1) is 13.8. The first-order valence-electron chi connectivity index (χ1n) is 9.61. The number of carbonyl (C=O) groups is 1. The van der Waals surface area contributed by atoms with Crippen LogP contribution in [0.1, 0.15) is 66.7 Å². The molecule has 0 fully saturated rings. The van der Waals surface area contributed by atoms with Crippen LogP contribution >= 0.6 is 0 Å². The Morgan fingerprint density at radius 3 is 2.00 bits per heavy atom. The van der Waals surface area contributed by atoms with Gasteiger partial charge in [0, 0.05) is 6.42 Å². The van der Waals surface area contributed by atoms with Crippen LogP contribution in [0, 0.1) is 0 Å². The van der Waals surface area contributed by atoms with E-state index in [1.165, 1.54) is 12.5 Å². The van der Waals surface area contributed by atoms with Crippen LogP contribution in [0.15, 0.2) is 46.8 Å². The summed E-state index contributed by atoms with van der Waals surface area (Å²) in [4.78, 5) is 11.6. The molecule has 172 valence electrons. The fourth-order valence-corrected chi connectivity index (χ4v) is 2.74. The molecule has 0 saturated heterocycles. The van der Waals surface area contributed by atoms with E-state index in [1.807, 2.05) is 39.8 Å². The van der Waals surface area contributed by atoms with Gasteiger partial charge in [-0.3, -0.25) is 0 Å². The van der Waals surface area contributed by atoms with E-state index in [9.17, 15) is 26.4 Å².